The molecule has 1 saturated heterocycles. The van der Waals surface area contributed by atoms with Crippen molar-refractivity contribution >= 4 is 5.91 Å². The Hall–Kier alpha value is -0.610. The molecule has 0 atom stereocenters. The van der Waals surface area contributed by atoms with Crippen molar-refractivity contribution in [3.63, 3.8) is 0 Å². The van der Waals surface area contributed by atoms with Gasteiger partial charge in [0.15, 0.2) is 0 Å². The number of amides is 1. The number of ether oxygens (including phenoxy) is 1. The van der Waals surface area contributed by atoms with Crippen LogP contribution in [-0.2, 0) is 9.53 Å². The molecule has 0 aromatic carbocycles. The highest BCUT2D eigenvalue weighted by atomic mass is 16.5. The summed E-state index contributed by atoms with van der Waals surface area (Å²) in [5, 5.41) is 0. The molecule has 1 saturated carbocycles. The van der Waals surface area contributed by atoms with E-state index in [0.717, 1.165) is 45.4 Å². The van der Waals surface area contributed by atoms with Crippen molar-refractivity contribution < 1.29 is 9.53 Å². The third-order valence-electron chi connectivity index (χ3n) is 4.72. The minimum atomic E-state index is -0.224. The summed E-state index contributed by atoms with van der Waals surface area (Å²) in [4.78, 5) is 14.4. The molecule has 0 aromatic heterocycles. The number of carbonyl (C=O) groups is 1. The number of nitrogens with two attached hydrogens (primary N) is 1. The summed E-state index contributed by atoms with van der Waals surface area (Å²) in [5.41, 5.74) is 6.15. The van der Waals surface area contributed by atoms with E-state index in [9.17, 15) is 4.79 Å². The molecule has 4 nitrogen and oxygen atoms in total. The van der Waals surface area contributed by atoms with Crippen molar-refractivity contribution in [3.8, 4) is 0 Å². The van der Waals surface area contributed by atoms with Crippen LogP contribution in [0.2, 0.25) is 0 Å². The molecule has 2 fully saturated rings. The summed E-state index contributed by atoms with van der Waals surface area (Å²) in [6.07, 6.45) is 8.34. The summed E-state index contributed by atoms with van der Waals surface area (Å²) in [7, 11) is 1.75. The molecule has 0 unspecified atom stereocenters. The smallest absolute Gasteiger partial charge is 0.224 e. The number of carbonyl (C=O) groups excluding carboxylic acids is 1. The van der Waals surface area contributed by atoms with Crippen LogP contribution in [0.15, 0.2) is 0 Å². The molecule has 0 radical (unpaired) electrons. The summed E-state index contributed by atoms with van der Waals surface area (Å²) < 4.78 is 5.19. The van der Waals surface area contributed by atoms with E-state index in [1.807, 2.05) is 4.90 Å². The third kappa shape index (κ3) is 4.18. The number of piperidine rings is 1. The van der Waals surface area contributed by atoms with Crippen molar-refractivity contribution in [1.82, 2.24) is 4.90 Å². The van der Waals surface area contributed by atoms with Gasteiger partial charge in [-0.15, -0.1) is 0 Å². The van der Waals surface area contributed by atoms with Crippen molar-refractivity contribution in [1.29, 1.82) is 0 Å². The van der Waals surface area contributed by atoms with E-state index in [2.05, 4.69) is 0 Å². The molecule has 2 aliphatic rings. The number of methoxy groups -OCH3 is 1. The Morgan fingerprint density at radius 1 is 1.26 bits per heavy atom. The highest BCUT2D eigenvalue weighted by molar-refractivity contribution is 5.77. The fraction of sp³-hybridized carbons (Fsp3) is 0.933. The van der Waals surface area contributed by atoms with Gasteiger partial charge in [0.05, 0.1) is 0 Å². The van der Waals surface area contributed by atoms with Crippen molar-refractivity contribution in [2.75, 3.05) is 26.8 Å². The molecule has 19 heavy (non-hydrogen) atoms. The van der Waals surface area contributed by atoms with Crippen LogP contribution in [0.4, 0.5) is 0 Å². The lowest BCUT2D eigenvalue weighted by atomic mass is 9.80. The van der Waals surface area contributed by atoms with Crippen LogP contribution in [0.1, 0.15) is 51.4 Å². The van der Waals surface area contributed by atoms with Gasteiger partial charge in [-0.1, -0.05) is 19.3 Å². The normalized spacial score (nSPS) is 24.4. The van der Waals surface area contributed by atoms with Crippen LogP contribution in [0.3, 0.4) is 0 Å². The maximum atomic E-state index is 12.4. The van der Waals surface area contributed by atoms with E-state index in [4.69, 9.17) is 10.5 Å². The first-order valence-electron chi connectivity index (χ1n) is 7.68. The summed E-state index contributed by atoms with van der Waals surface area (Å²) in [6, 6.07) is 0. The molecule has 0 spiro atoms. The molecule has 0 aromatic rings. The summed E-state index contributed by atoms with van der Waals surface area (Å²) in [5.74, 6) is 0.885. The highest BCUT2D eigenvalue weighted by Crippen LogP contribution is 2.30. The standard InChI is InChI=1S/C15H28N2O2/c1-19-12-13-5-9-17(10-6-13)14(18)11-15(16)7-3-2-4-8-15/h13H,2-12,16H2,1H3. The first kappa shape index (κ1) is 14.8. The van der Waals surface area contributed by atoms with Gasteiger partial charge in [-0.25, -0.2) is 0 Å². The Morgan fingerprint density at radius 2 is 1.89 bits per heavy atom. The Kier molecular flexibility index (Phi) is 5.22. The quantitative estimate of drug-likeness (QED) is 0.847. The van der Waals surface area contributed by atoms with Gasteiger partial charge in [-0.3, -0.25) is 4.79 Å². The zero-order chi connectivity index (χ0) is 13.7. The fourth-order valence-electron chi connectivity index (χ4n) is 3.43. The van der Waals surface area contributed by atoms with Crippen LogP contribution < -0.4 is 5.73 Å². The van der Waals surface area contributed by atoms with Crippen LogP contribution >= 0.6 is 0 Å². The molecule has 1 amide bonds. The van der Waals surface area contributed by atoms with Gasteiger partial charge in [0.1, 0.15) is 0 Å². The summed E-state index contributed by atoms with van der Waals surface area (Å²) >= 11 is 0. The van der Waals surface area contributed by atoms with E-state index < -0.39 is 0 Å². The van der Waals surface area contributed by atoms with Gasteiger partial charge in [0.2, 0.25) is 5.91 Å². The van der Waals surface area contributed by atoms with E-state index in [0.29, 0.717) is 12.3 Å². The molecule has 1 heterocycles. The molecule has 4 heteroatoms. The fourth-order valence-corrected chi connectivity index (χ4v) is 3.43. The molecular weight excluding hydrogens is 240 g/mol. The zero-order valence-corrected chi connectivity index (χ0v) is 12.2. The van der Waals surface area contributed by atoms with E-state index in [1.54, 1.807) is 7.11 Å². The lowest BCUT2D eigenvalue weighted by molar-refractivity contribution is -0.134. The minimum absolute atomic E-state index is 0.224. The van der Waals surface area contributed by atoms with Crippen molar-refractivity contribution in [2.45, 2.75) is 56.9 Å². The second-order valence-electron chi connectivity index (χ2n) is 6.38. The second kappa shape index (κ2) is 6.71. The first-order valence-corrected chi connectivity index (χ1v) is 7.68. The maximum Gasteiger partial charge on any atom is 0.224 e. The highest BCUT2D eigenvalue weighted by Gasteiger charge is 2.32. The third-order valence-corrected chi connectivity index (χ3v) is 4.72. The van der Waals surface area contributed by atoms with Crippen LogP contribution in [0, 0.1) is 5.92 Å². The number of nitrogens with zero attached hydrogens (tertiary/aromatic N) is 1. The van der Waals surface area contributed by atoms with Crippen molar-refractivity contribution in [3.05, 3.63) is 0 Å². The average Bonchev–Trinajstić information content (AvgIpc) is 2.40. The van der Waals surface area contributed by atoms with Gasteiger partial charge < -0.3 is 15.4 Å². The topological polar surface area (TPSA) is 55.6 Å². The molecule has 2 N–H and O–H groups in total. The lowest BCUT2D eigenvalue weighted by Crippen LogP contribution is -2.48. The van der Waals surface area contributed by atoms with Crippen LogP contribution in [0.5, 0.6) is 0 Å². The maximum absolute atomic E-state index is 12.4. The van der Waals surface area contributed by atoms with Gasteiger partial charge in [0.25, 0.3) is 0 Å². The van der Waals surface area contributed by atoms with Crippen LogP contribution in [-0.4, -0.2) is 43.2 Å². The zero-order valence-electron chi connectivity index (χ0n) is 12.2. The molecule has 2 rings (SSSR count). The molecule has 0 bridgehead atoms. The summed E-state index contributed by atoms with van der Waals surface area (Å²) in [6.45, 7) is 2.58. The number of hydrogen-bond donors (Lipinski definition) is 1. The Balaban J connectivity index is 1.77. The number of hydrogen-bond acceptors (Lipinski definition) is 3. The molecular formula is C15H28N2O2. The first-order chi connectivity index (χ1) is 9.13. The predicted octanol–water partition coefficient (Wildman–Crippen LogP) is 1.92. The van der Waals surface area contributed by atoms with Gasteiger partial charge in [-0.2, -0.15) is 0 Å². The molecule has 110 valence electrons. The van der Waals surface area contributed by atoms with E-state index in [-0.39, 0.29) is 11.4 Å². The average molecular weight is 268 g/mol. The lowest BCUT2D eigenvalue weighted by Gasteiger charge is -2.37. The van der Waals surface area contributed by atoms with Crippen molar-refractivity contribution in [2.24, 2.45) is 11.7 Å². The molecule has 1 aliphatic carbocycles. The second-order valence-corrected chi connectivity index (χ2v) is 6.38. The minimum Gasteiger partial charge on any atom is -0.384 e. The molecule has 1 aliphatic heterocycles. The van der Waals surface area contributed by atoms with Crippen LogP contribution in [0.25, 0.3) is 0 Å². The number of likely N-dealkylation sites (tertiary alicyclic amines) is 1. The Bertz CT molecular complexity index is 293. The van der Waals surface area contributed by atoms with Gasteiger partial charge in [-0.05, 0) is 31.6 Å². The Morgan fingerprint density at radius 3 is 2.47 bits per heavy atom. The predicted molar refractivity (Wildman–Crippen MR) is 75.8 cm³/mol. The van der Waals surface area contributed by atoms with Gasteiger partial charge in [0, 0.05) is 38.8 Å². The SMILES string of the molecule is COCC1CCN(C(=O)CC2(N)CCCCC2)CC1. The van der Waals surface area contributed by atoms with E-state index >= 15 is 0 Å². The Labute approximate surface area is 116 Å². The number of rotatable bonds is 4. The van der Waals surface area contributed by atoms with Gasteiger partial charge >= 0.3 is 0 Å². The monoisotopic (exact) mass is 268 g/mol. The largest absolute Gasteiger partial charge is 0.384 e. The van der Waals surface area contributed by atoms with E-state index in [1.165, 1.54) is 19.3 Å².